The Morgan fingerprint density at radius 2 is 1.85 bits per heavy atom. The van der Waals surface area contributed by atoms with Crippen molar-refractivity contribution in [3.8, 4) is 0 Å². The van der Waals surface area contributed by atoms with Crippen molar-refractivity contribution in [1.29, 1.82) is 0 Å². The molecular formula is C7H2BrCl3O2. The van der Waals surface area contributed by atoms with E-state index in [4.69, 9.17) is 39.9 Å². The third-order valence-corrected chi connectivity index (χ3v) is 3.36. The summed E-state index contributed by atoms with van der Waals surface area (Å²) in [7, 11) is 0. The van der Waals surface area contributed by atoms with Gasteiger partial charge in [-0.3, -0.25) is 0 Å². The van der Waals surface area contributed by atoms with E-state index in [1.165, 1.54) is 6.07 Å². The first-order valence-electron chi connectivity index (χ1n) is 3.01. The lowest BCUT2D eigenvalue weighted by Crippen LogP contribution is -1.99. The highest BCUT2D eigenvalue weighted by atomic mass is 79.9. The fourth-order valence-electron chi connectivity index (χ4n) is 0.761. The number of hydrogen-bond acceptors (Lipinski definition) is 1. The number of hydrogen-bond donors (Lipinski definition) is 1. The molecule has 0 radical (unpaired) electrons. The second kappa shape index (κ2) is 4.05. The Labute approximate surface area is 97.5 Å². The Balaban J connectivity index is 3.56. The Bertz CT molecular complexity index is 352. The molecule has 1 aromatic rings. The van der Waals surface area contributed by atoms with Gasteiger partial charge in [0.1, 0.15) is 0 Å². The molecule has 6 heteroatoms. The van der Waals surface area contributed by atoms with Crippen LogP contribution in [0.15, 0.2) is 10.5 Å². The van der Waals surface area contributed by atoms with Gasteiger partial charge < -0.3 is 5.11 Å². The van der Waals surface area contributed by atoms with Gasteiger partial charge in [-0.1, -0.05) is 34.8 Å². The Morgan fingerprint density at radius 1 is 1.31 bits per heavy atom. The van der Waals surface area contributed by atoms with Crippen LogP contribution in [0.3, 0.4) is 0 Å². The topological polar surface area (TPSA) is 37.3 Å². The molecule has 70 valence electrons. The maximum Gasteiger partial charge on any atom is 0.338 e. The lowest BCUT2D eigenvalue weighted by molar-refractivity contribution is 0.0697. The summed E-state index contributed by atoms with van der Waals surface area (Å²) in [5.74, 6) is -1.21. The summed E-state index contributed by atoms with van der Waals surface area (Å²) < 4.78 is 0.404. The summed E-state index contributed by atoms with van der Waals surface area (Å²) in [6.07, 6.45) is 0. The van der Waals surface area contributed by atoms with Gasteiger partial charge >= 0.3 is 5.97 Å². The van der Waals surface area contributed by atoms with E-state index in [0.29, 0.717) is 4.47 Å². The van der Waals surface area contributed by atoms with Crippen LogP contribution in [0.2, 0.25) is 15.1 Å². The quantitative estimate of drug-likeness (QED) is 0.793. The number of rotatable bonds is 1. The molecule has 0 aromatic heterocycles. The normalized spacial score (nSPS) is 10.2. The lowest BCUT2D eigenvalue weighted by atomic mass is 10.2. The third kappa shape index (κ3) is 2.10. The number of aromatic carboxylic acids is 1. The van der Waals surface area contributed by atoms with E-state index in [-0.39, 0.29) is 20.6 Å². The van der Waals surface area contributed by atoms with E-state index < -0.39 is 5.97 Å². The van der Waals surface area contributed by atoms with Crippen LogP contribution in [0, 0.1) is 0 Å². The molecule has 0 aliphatic heterocycles. The second-order valence-electron chi connectivity index (χ2n) is 2.15. The molecule has 0 aliphatic rings. The maximum absolute atomic E-state index is 10.7. The van der Waals surface area contributed by atoms with Gasteiger partial charge in [-0.25, -0.2) is 4.79 Å². The Hall–Kier alpha value is 0.0400. The minimum atomic E-state index is -1.21. The summed E-state index contributed by atoms with van der Waals surface area (Å²) in [5, 5.41) is 8.89. The highest BCUT2D eigenvalue weighted by Gasteiger charge is 2.18. The summed E-state index contributed by atoms with van der Waals surface area (Å²) in [5.41, 5.74) is -0.192. The Kier molecular flexibility index (Phi) is 3.46. The van der Waals surface area contributed by atoms with E-state index in [1.807, 2.05) is 0 Å². The van der Waals surface area contributed by atoms with Crippen LogP contribution in [0.1, 0.15) is 10.4 Å². The number of carbonyl (C=O) groups is 1. The van der Waals surface area contributed by atoms with Crippen molar-refractivity contribution in [3.05, 3.63) is 31.2 Å². The van der Waals surface area contributed by atoms with Gasteiger partial charge in [0.05, 0.1) is 20.6 Å². The molecule has 1 rings (SSSR count). The average Bonchev–Trinajstić information content (AvgIpc) is 2.01. The molecule has 0 aliphatic carbocycles. The number of benzene rings is 1. The number of halogens is 4. The SMILES string of the molecule is O=C(O)c1c(Cl)c(Cl)cc(Br)c1Cl. The van der Waals surface area contributed by atoms with Crippen LogP contribution in [0.5, 0.6) is 0 Å². The summed E-state index contributed by atoms with van der Waals surface area (Å²) in [4.78, 5) is 10.7. The summed E-state index contributed by atoms with van der Waals surface area (Å²) in [6.45, 7) is 0. The van der Waals surface area contributed by atoms with Gasteiger partial charge in [0.2, 0.25) is 0 Å². The first kappa shape index (κ1) is 11.1. The van der Waals surface area contributed by atoms with Crippen molar-refractivity contribution in [3.63, 3.8) is 0 Å². The van der Waals surface area contributed by atoms with Crippen LogP contribution in [0.4, 0.5) is 0 Å². The van der Waals surface area contributed by atoms with Crippen LogP contribution in [-0.2, 0) is 0 Å². The van der Waals surface area contributed by atoms with Gasteiger partial charge in [-0.15, -0.1) is 0 Å². The van der Waals surface area contributed by atoms with Crippen LogP contribution in [0.25, 0.3) is 0 Å². The highest BCUT2D eigenvalue weighted by Crippen LogP contribution is 2.36. The largest absolute Gasteiger partial charge is 0.478 e. The van der Waals surface area contributed by atoms with Crippen molar-refractivity contribution in [1.82, 2.24) is 0 Å². The molecule has 0 unspecified atom stereocenters. The molecule has 0 atom stereocenters. The molecule has 2 nitrogen and oxygen atoms in total. The predicted molar refractivity (Wildman–Crippen MR) is 56.1 cm³/mol. The van der Waals surface area contributed by atoms with Crippen LogP contribution < -0.4 is 0 Å². The van der Waals surface area contributed by atoms with Crippen molar-refractivity contribution in [2.75, 3.05) is 0 Å². The van der Waals surface area contributed by atoms with Crippen LogP contribution >= 0.6 is 50.7 Å². The van der Waals surface area contributed by atoms with E-state index >= 15 is 0 Å². The Morgan fingerprint density at radius 3 is 2.31 bits per heavy atom. The molecular weight excluding hydrogens is 302 g/mol. The molecule has 0 saturated heterocycles. The lowest BCUT2D eigenvalue weighted by Gasteiger charge is -2.05. The second-order valence-corrected chi connectivity index (χ2v) is 4.17. The minimum Gasteiger partial charge on any atom is -0.478 e. The standard InChI is InChI=1S/C7H2BrCl3O2/c8-2-1-3(9)6(11)4(5(2)10)7(12)13/h1H,(H,12,13). The molecule has 13 heavy (non-hydrogen) atoms. The van der Waals surface area contributed by atoms with Gasteiger partial charge in [-0.2, -0.15) is 0 Å². The zero-order chi connectivity index (χ0) is 10.2. The predicted octanol–water partition coefficient (Wildman–Crippen LogP) is 4.11. The van der Waals surface area contributed by atoms with Gasteiger partial charge in [-0.05, 0) is 22.0 Å². The summed E-state index contributed by atoms with van der Waals surface area (Å²) in [6, 6.07) is 1.44. The molecule has 0 spiro atoms. The maximum atomic E-state index is 10.7. The third-order valence-electron chi connectivity index (χ3n) is 1.33. The zero-order valence-electron chi connectivity index (χ0n) is 5.94. The van der Waals surface area contributed by atoms with Gasteiger partial charge in [0, 0.05) is 4.47 Å². The minimum absolute atomic E-state index is 0.0434. The molecule has 0 saturated carbocycles. The van der Waals surface area contributed by atoms with E-state index in [9.17, 15) is 4.79 Å². The monoisotopic (exact) mass is 302 g/mol. The molecule has 1 aromatic carbocycles. The summed E-state index contributed by atoms with van der Waals surface area (Å²) >= 11 is 20.1. The van der Waals surface area contributed by atoms with Crippen molar-refractivity contribution in [2.24, 2.45) is 0 Å². The smallest absolute Gasteiger partial charge is 0.338 e. The molecule has 0 heterocycles. The van der Waals surface area contributed by atoms with Gasteiger partial charge in [0.25, 0.3) is 0 Å². The molecule has 0 amide bonds. The first-order valence-corrected chi connectivity index (χ1v) is 4.94. The van der Waals surface area contributed by atoms with E-state index in [1.54, 1.807) is 0 Å². The van der Waals surface area contributed by atoms with Crippen molar-refractivity contribution < 1.29 is 9.90 Å². The van der Waals surface area contributed by atoms with E-state index in [0.717, 1.165) is 0 Å². The zero-order valence-corrected chi connectivity index (χ0v) is 9.80. The number of carboxylic acid groups (broad SMARTS) is 1. The fourth-order valence-corrected chi connectivity index (χ4v) is 2.03. The number of carboxylic acids is 1. The molecule has 0 fully saturated rings. The highest BCUT2D eigenvalue weighted by molar-refractivity contribution is 9.10. The van der Waals surface area contributed by atoms with E-state index in [2.05, 4.69) is 15.9 Å². The van der Waals surface area contributed by atoms with Crippen LogP contribution in [-0.4, -0.2) is 11.1 Å². The average molecular weight is 304 g/mol. The first-order chi connectivity index (χ1) is 5.95. The van der Waals surface area contributed by atoms with Crippen molar-refractivity contribution >= 4 is 56.7 Å². The van der Waals surface area contributed by atoms with Gasteiger partial charge in [0.15, 0.2) is 0 Å². The fraction of sp³-hybridized carbons (Fsp3) is 0. The van der Waals surface area contributed by atoms with Crippen molar-refractivity contribution in [2.45, 2.75) is 0 Å². The molecule has 0 bridgehead atoms. The molecule has 1 N–H and O–H groups in total.